The minimum atomic E-state index is -0.341. The molecule has 0 heterocycles. The summed E-state index contributed by atoms with van der Waals surface area (Å²) in [5.41, 5.74) is 0. The third-order valence-electron chi connectivity index (χ3n) is 0.956. The maximum absolute atomic E-state index is 10.7. The number of hydrogen-bond acceptors (Lipinski definition) is 3. The van der Waals surface area contributed by atoms with Crippen LogP contribution in [0, 0.1) is 0 Å². The van der Waals surface area contributed by atoms with Gasteiger partial charge in [0, 0.05) is 7.05 Å². The van der Waals surface area contributed by atoms with Gasteiger partial charge in [-0.3, -0.25) is 9.59 Å². The summed E-state index contributed by atoms with van der Waals surface area (Å²) in [6.07, 6.45) is 1.12. The van der Waals surface area contributed by atoms with Crippen molar-refractivity contribution in [3.8, 4) is 0 Å². The average Bonchev–Trinajstić information content (AvgIpc) is 2.00. The molecule has 0 spiro atoms. The molecule has 0 aromatic rings. The fraction of sp³-hybridized carbons (Fsp3) is 0.500. The minimum absolute atomic E-state index is 0.00840. The van der Waals surface area contributed by atoms with Crippen LogP contribution in [0.5, 0.6) is 0 Å². The fourth-order valence-corrected chi connectivity index (χ4v) is 0.475. The summed E-state index contributed by atoms with van der Waals surface area (Å²) in [5.74, 6) is -0.341. The Balaban J connectivity index is 3.51. The maximum atomic E-state index is 10.7. The number of likely N-dealkylation sites (N-methyl/N-ethyl adjacent to an activating group) is 1. The fourth-order valence-electron chi connectivity index (χ4n) is 0.475. The molecule has 0 rings (SSSR count). The molecule has 5 heteroatoms. The van der Waals surface area contributed by atoms with Gasteiger partial charge in [0.2, 0.25) is 12.3 Å². The van der Waals surface area contributed by atoms with Crippen molar-refractivity contribution in [3.05, 3.63) is 0 Å². The highest BCUT2D eigenvalue weighted by molar-refractivity contribution is 5.81. The van der Waals surface area contributed by atoms with Crippen molar-refractivity contribution in [2.75, 3.05) is 20.1 Å². The van der Waals surface area contributed by atoms with Crippen LogP contribution in [0.15, 0.2) is 0 Å². The first-order valence-corrected chi connectivity index (χ1v) is 3.06. The molecule has 5 nitrogen and oxygen atoms in total. The molecule has 0 unspecified atom stereocenters. The van der Waals surface area contributed by atoms with Crippen LogP contribution in [0.4, 0.5) is 0 Å². The van der Waals surface area contributed by atoms with Crippen molar-refractivity contribution in [1.82, 2.24) is 10.2 Å². The van der Waals surface area contributed by atoms with Gasteiger partial charge in [-0.25, -0.2) is 0 Å². The Morgan fingerprint density at radius 3 is 2.64 bits per heavy atom. The topological polar surface area (TPSA) is 66.5 Å². The molecule has 0 atom stereocenters. The zero-order chi connectivity index (χ0) is 8.69. The van der Waals surface area contributed by atoms with E-state index in [4.69, 9.17) is 0 Å². The molecule has 0 aliphatic carbocycles. The lowest BCUT2D eigenvalue weighted by molar-refractivity contribution is -0.127. The Morgan fingerprint density at radius 1 is 1.55 bits per heavy atom. The predicted molar refractivity (Wildman–Crippen MR) is 37.8 cm³/mol. The second-order valence-electron chi connectivity index (χ2n) is 1.99. The van der Waals surface area contributed by atoms with E-state index < -0.39 is 0 Å². The molecular formula is C6H10N2O3. The van der Waals surface area contributed by atoms with Crippen molar-refractivity contribution < 1.29 is 14.4 Å². The second kappa shape index (κ2) is 5.40. The van der Waals surface area contributed by atoms with E-state index in [0.717, 1.165) is 0 Å². The van der Waals surface area contributed by atoms with Gasteiger partial charge in [-0.2, -0.15) is 0 Å². The molecule has 62 valence electrons. The van der Waals surface area contributed by atoms with E-state index in [2.05, 4.69) is 5.32 Å². The van der Waals surface area contributed by atoms with Crippen LogP contribution in [0.3, 0.4) is 0 Å². The number of carbonyl (C=O) groups excluding carboxylic acids is 3. The lowest BCUT2D eigenvalue weighted by Gasteiger charge is -2.08. The SMILES string of the molecule is CN(C=O)CC(=O)NCC=O. The smallest absolute Gasteiger partial charge is 0.239 e. The first kappa shape index (κ1) is 9.61. The van der Waals surface area contributed by atoms with Crippen LogP contribution in [0.2, 0.25) is 0 Å². The number of aldehydes is 1. The number of amides is 2. The number of nitrogens with zero attached hydrogens (tertiary/aromatic N) is 1. The van der Waals surface area contributed by atoms with Crippen LogP contribution in [-0.2, 0) is 14.4 Å². The van der Waals surface area contributed by atoms with Crippen molar-refractivity contribution in [3.63, 3.8) is 0 Å². The molecule has 0 bridgehead atoms. The first-order valence-electron chi connectivity index (χ1n) is 3.06. The molecule has 0 aromatic carbocycles. The Kier molecular flexibility index (Phi) is 4.72. The second-order valence-corrected chi connectivity index (χ2v) is 1.99. The van der Waals surface area contributed by atoms with Gasteiger partial charge in [-0.05, 0) is 0 Å². The van der Waals surface area contributed by atoms with Gasteiger partial charge in [0.15, 0.2) is 0 Å². The zero-order valence-electron chi connectivity index (χ0n) is 6.24. The number of hydrogen-bond donors (Lipinski definition) is 1. The lowest BCUT2D eigenvalue weighted by atomic mass is 10.5. The quantitative estimate of drug-likeness (QED) is 0.489. The summed E-state index contributed by atoms with van der Waals surface area (Å²) in [6, 6.07) is 0. The molecule has 0 aliphatic heterocycles. The lowest BCUT2D eigenvalue weighted by Crippen LogP contribution is -2.35. The van der Waals surface area contributed by atoms with Gasteiger partial charge in [0.05, 0.1) is 13.1 Å². The number of nitrogens with one attached hydrogen (secondary N) is 1. The Labute approximate surface area is 64.4 Å². The standard InChI is InChI=1S/C6H10N2O3/c1-8(5-10)4-6(11)7-2-3-9/h3,5H,2,4H2,1H3,(H,7,11). The summed E-state index contributed by atoms with van der Waals surface area (Å²) in [7, 11) is 1.48. The first-order chi connectivity index (χ1) is 5.20. The summed E-state index contributed by atoms with van der Waals surface area (Å²) >= 11 is 0. The highest BCUT2D eigenvalue weighted by atomic mass is 16.2. The summed E-state index contributed by atoms with van der Waals surface area (Å²) in [6.45, 7) is -0.0249. The van der Waals surface area contributed by atoms with Crippen molar-refractivity contribution in [2.45, 2.75) is 0 Å². The van der Waals surface area contributed by atoms with Crippen LogP contribution in [0.25, 0.3) is 0 Å². The Bertz CT molecular complexity index is 158. The van der Waals surface area contributed by atoms with Crippen molar-refractivity contribution in [1.29, 1.82) is 0 Å². The summed E-state index contributed by atoms with van der Waals surface area (Å²) < 4.78 is 0. The molecule has 0 saturated carbocycles. The molecular weight excluding hydrogens is 148 g/mol. The summed E-state index contributed by atoms with van der Waals surface area (Å²) in [5, 5.41) is 2.29. The van der Waals surface area contributed by atoms with Gasteiger partial charge < -0.3 is 15.0 Å². The normalized spacial score (nSPS) is 8.45. The van der Waals surface area contributed by atoms with Crippen LogP contribution >= 0.6 is 0 Å². The van der Waals surface area contributed by atoms with Gasteiger partial charge in [0.1, 0.15) is 6.29 Å². The predicted octanol–water partition coefficient (Wildman–Crippen LogP) is -1.61. The minimum Gasteiger partial charge on any atom is -0.348 e. The van der Waals surface area contributed by atoms with Gasteiger partial charge in [-0.15, -0.1) is 0 Å². The average molecular weight is 158 g/mol. The molecule has 0 fully saturated rings. The van der Waals surface area contributed by atoms with Gasteiger partial charge >= 0.3 is 0 Å². The van der Waals surface area contributed by atoms with Gasteiger partial charge in [0.25, 0.3) is 0 Å². The van der Waals surface area contributed by atoms with E-state index >= 15 is 0 Å². The molecule has 1 N–H and O–H groups in total. The third-order valence-corrected chi connectivity index (χ3v) is 0.956. The van der Waals surface area contributed by atoms with Crippen LogP contribution in [0.1, 0.15) is 0 Å². The van der Waals surface area contributed by atoms with Crippen molar-refractivity contribution >= 4 is 18.6 Å². The largest absolute Gasteiger partial charge is 0.348 e. The van der Waals surface area contributed by atoms with E-state index in [0.29, 0.717) is 12.7 Å². The van der Waals surface area contributed by atoms with E-state index in [-0.39, 0.29) is 19.0 Å². The van der Waals surface area contributed by atoms with E-state index in [1.165, 1.54) is 11.9 Å². The Hall–Kier alpha value is -1.39. The van der Waals surface area contributed by atoms with E-state index in [9.17, 15) is 14.4 Å². The number of rotatable bonds is 5. The monoisotopic (exact) mass is 158 g/mol. The van der Waals surface area contributed by atoms with E-state index in [1.807, 2.05) is 0 Å². The van der Waals surface area contributed by atoms with Crippen LogP contribution < -0.4 is 5.32 Å². The van der Waals surface area contributed by atoms with E-state index in [1.54, 1.807) is 0 Å². The number of carbonyl (C=O) groups is 3. The van der Waals surface area contributed by atoms with Gasteiger partial charge in [-0.1, -0.05) is 0 Å². The summed E-state index contributed by atoms with van der Waals surface area (Å²) in [4.78, 5) is 31.6. The highest BCUT2D eigenvalue weighted by Crippen LogP contribution is 1.73. The molecule has 2 amide bonds. The van der Waals surface area contributed by atoms with Crippen molar-refractivity contribution in [2.24, 2.45) is 0 Å². The molecule has 11 heavy (non-hydrogen) atoms. The molecule has 0 aromatic heterocycles. The Morgan fingerprint density at radius 2 is 2.18 bits per heavy atom. The highest BCUT2D eigenvalue weighted by Gasteiger charge is 2.01. The zero-order valence-corrected chi connectivity index (χ0v) is 6.24. The molecule has 0 saturated heterocycles. The third kappa shape index (κ3) is 5.07. The van der Waals surface area contributed by atoms with Crippen LogP contribution in [-0.4, -0.2) is 43.6 Å². The maximum Gasteiger partial charge on any atom is 0.239 e. The molecule has 0 radical (unpaired) electrons. The molecule has 0 aliphatic rings.